The predicted octanol–water partition coefficient (Wildman–Crippen LogP) is 2.41. The highest BCUT2D eigenvalue weighted by atomic mass is 35.5. The molecule has 0 aromatic heterocycles. The van der Waals surface area contributed by atoms with E-state index >= 15 is 0 Å². The zero-order chi connectivity index (χ0) is 10.4. The van der Waals surface area contributed by atoms with Crippen LogP contribution < -0.4 is 5.32 Å². The average Bonchev–Trinajstić information content (AvgIpc) is 2.93. The van der Waals surface area contributed by atoms with Gasteiger partial charge in [0.2, 0.25) is 0 Å². The van der Waals surface area contributed by atoms with Gasteiger partial charge in [0.25, 0.3) is 0 Å². The second-order valence-corrected chi connectivity index (χ2v) is 4.88. The Bertz CT molecular complexity index is 159. The molecule has 1 unspecified atom stereocenters. The van der Waals surface area contributed by atoms with E-state index in [2.05, 4.69) is 12.2 Å². The van der Waals surface area contributed by atoms with Crippen molar-refractivity contribution in [3.63, 3.8) is 0 Å². The fourth-order valence-electron chi connectivity index (χ4n) is 1.68. The first-order valence-electron chi connectivity index (χ1n) is 5.51. The molecule has 3 heteroatoms. The third-order valence-corrected chi connectivity index (χ3v) is 3.35. The molecule has 0 heterocycles. The maximum atomic E-state index is 5.78. The highest BCUT2D eigenvalue weighted by molar-refractivity contribution is 6.17. The third kappa shape index (κ3) is 4.16. The summed E-state index contributed by atoms with van der Waals surface area (Å²) < 4.78 is 5.05. The number of halogens is 1. The summed E-state index contributed by atoms with van der Waals surface area (Å²) in [5.74, 6) is 0.800. The number of ether oxygens (including phenoxy) is 1. The Morgan fingerprint density at radius 2 is 2.21 bits per heavy atom. The van der Waals surface area contributed by atoms with E-state index < -0.39 is 0 Å². The quantitative estimate of drug-likeness (QED) is 0.634. The van der Waals surface area contributed by atoms with Crippen LogP contribution in [0.2, 0.25) is 0 Å². The van der Waals surface area contributed by atoms with Crippen LogP contribution in [-0.4, -0.2) is 32.2 Å². The maximum absolute atomic E-state index is 5.78. The molecule has 1 atom stereocenters. The summed E-state index contributed by atoms with van der Waals surface area (Å²) in [6.45, 7) is 4.19. The van der Waals surface area contributed by atoms with Crippen LogP contribution in [0.3, 0.4) is 0 Å². The number of hydrogen-bond acceptors (Lipinski definition) is 2. The Hall–Kier alpha value is 0.210. The van der Waals surface area contributed by atoms with Gasteiger partial charge in [-0.1, -0.05) is 0 Å². The van der Waals surface area contributed by atoms with Crippen molar-refractivity contribution in [1.82, 2.24) is 5.32 Å². The molecule has 84 valence electrons. The molecule has 0 saturated heterocycles. The molecule has 0 amide bonds. The van der Waals surface area contributed by atoms with Gasteiger partial charge in [0.15, 0.2) is 0 Å². The van der Waals surface area contributed by atoms with E-state index in [0.717, 1.165) is 25.5 Å². The lowest BCUT2D eigenvalue weighted by molar-refractivity contribution is 0.183. The number of alkyl halides is 1. The van der Waals surface area contributed by atoms with Gasteiger partial charge in [-0.2, -0.15) is 0 Å². The van der Waals surface area contributed by atoms with Gasteiger partial charge in [0, 0.05) is 32.2 Å². The van der Waals surface area contributed by atoms with Crippen LogP contribution in [0.15, 0.2) is 0 Å². The van der Waals surface area contributed by atoms with Gasteiger partial charge in [-0.3, -0.25) is 0 Å². The van der Waals surface area contributed by atoms with Crippen LogP contribution in [0.25, 0.3) is 0 Å². The van der Waals surface area contributed by atoms with E-state index in [-0.39, 0.29) is 0 Å². The van der Waals surface area contributed by atoms with Crippen LogP contribution in [0.5, 0.6) is 0 Å². The molecule has 1 aliphatic rings. The molecule has 1 saturated carbocycles. The summed E-state index contributed by atoms with van der Waals surface area (Å²) in [5.41, 5.74) is 0.545. The van der Waals surface area contributed by atoms with Crippen molar-refractivity contribution in [2.24, 2.45) is 5.41 Å². The van der Waals surface area contributed by atoms with E-state index in [1.165, 1.54) is 19.3 Å². The van der Waals surface area contributed by atoms with Gasteiger partial charge in [-0.15, -0.1) is 11.6 Å². The Kier molecular flexibility index (Phi) is 5.21. The molecular formula is C11H22ClNO. The standard InChI is InChI=1S/C11H22ClNO/c1-10(3-8-14-2)13-9-11(4-5-11)6-7-12/h10,13H,3-9H2,1-2H3. The van der Waals surface area contributed by atoms with Crippen LogP contribution in [0.1, 0.15) is 32.6 Å². The predicted molar refractivity (Wildman–Crippen MR) is 61.0 cm³/mol. The van der Waals surface area contributed by atoms with E-state index in [4.69, 9.17) is 16.3 Å². The van der Waals surface area contributed by atoms with Crippen molar-refractivity contribution < 1.29 is 4.74 Å². The largest absolute Gasteiger partial charge is 0.385 e. The molecule has 1 fully saturated rings. The smallest absolute Gasteiger partial charge is 0.0476 e. The SMILES string of the molecule is COCCC(C)NCC1(CCCl)CC1. The zero-order valence-electron chi connectivity index (χ0n) is 9.31. The normalized spacial score (nSPS) is 20.8. The molecule has 0 aromatic carbocycles. The lowest BCUT2D eigenvalue weighted by Crippen LogP contribution is -2.33. The lowest BCUT2D eigenvalue weighted by Gasteiger charge is -2.19. The minimum atomic E-state index is 0.545. The topological polar surface area (TPSA) is 21.3 Å². The second-order valence-electron chi connectivity index (χ2n) is 4.50. The third-order valence-electron chi connectivity index (χ3n) is 3.16. The number of methoxy groups -OCH3 is 1. The molecule has 1 N–H and O–H groups in total. The molecule has 0 aliphatic heterocycles. The first-order valence-corrected chi connectivity index (χ1v) is 6.04. The summed E-state index contributed by atoms with van der Waals surface area (Å²) in [6.07, 6.45) is 4.96. The van der Waals surface area contributed by atoms with E-state index in [1.807, 2.05) is 0 Å². The van der Waals surface area contributed by atoms with Crippen molar-refractivity contribution in [3.8, 4) is 0 Å². The summed E-state index contributed by atoms with van der Waals surface area (Å²) in [6, 6.07) is 0.558. The van der Waals surface area contributed by atoms with E-state index in [1.54, 1.807) is 7.11 Å². The Balaban J connectivity index is 2.07. The average molecular weight is 220 g/mol. The molecule has 0 bridgehead atoms. The highest BCUT2D eigenvalue weighted by Gasteiger charge is 2.41. The lowest BCUT2D eigenvalue weighted by atomic mass is 10.0. The summed E-state index contributed by atoms with van der Waals surface area (Å²) >= 11 is 5.78. The fraction of sp³-hybridized carbons (Fsp3) is 1.00. The van der Waals surface area contributed by atoms with Crippen LogP contribution >= 0.6 is 11.6 Å². The van der Waals surface area contributed by atoms with Gasteiger partial charge < -0.3 is 10.1 Å². The summed E-state index contributed by atoms with van der Waals surface area (Å²) in [4.78, 5) is 0. The Labute approximate surface area is 92.3 Å². The zero-order valence-corrected chi connectivity index (χ0v) is 10.1. The summed E-state index contributed by atoms with van der Waals surface area (Å²) in [7, 11) is 1.75. The number of hydrogen-bond donors (Lipinski definition) is 1. The van der Waals surface area contributed by atoms with Gasteiger partial charge in [-0.25, -0.2) is 0 Å². The van der Waals surface area contributed by atoms with Gasteiger partial charge >= 0.3 is 0 Å². The molecule has 2 nitrogen and oxygen atoms in total. The minimum absolute atomic E-state index is 0.545. The van der Waals surface area contributed by atoms with Crippen molar-refractivity contribution in [2.45, 2.75) is 38.6 Å². The van der Waals surface area contributed by atoms with Crippen LogP contribution in [0.4, 0.5) is 0 Å². The molecule has 0 radical (unpaired) electrons. The monoisotopic (exact) mass is 219 g/mol. The molecule has 0 spiro atoms. The number of nitrogens with one attached hydrogen (secondary N) is 1. The minimum Gasteiger partial charge on any atom is -0.385 e. The molecule has 1 aliphatic carbocycles. The highest BCUT2D eigenvalue weighted by Crippen LogP contribution is 2.48. The summed E-state index contributed by atoms with van der Waals surface area (Å²) in [5, 5.41) is 3.57. The van der Waals surface area contributed by atoms with Crippen molar-refractivity contribution in [1.29, 1.82) is 0 Å². The fourth-order valence-corrected chi connectivity index (χ4v) is 2.08. The molecule has 1 rings (SSSR count). The molecule has 0 aromatic rings. The van der Waals surface area contributed by atoms with Crippen LogP contribution in [-0.2, 0) is 4.74 Å². The molecule has 14 heavy (non-hydrogen) atoms. The van der Waals surface area contributed by atoms with Crippen LogP contribution in [0, 0.1) is 5.41 Å². The van der Waals surface area contributed by atoms with E-state index in [9.17, 15) is 0 Å². The molecular weight excluding hydrogens is 198 g/mol. The van der Waals surface area contributed by atoms with Crippen molar-refractivity contribution >= 4 is 11.6 Å². The van der Waals surface area contributed by atoms with Gasteiger partial charge in [0.05, 0.1) is 0 Å². The van der Waals surface area contributed by atoms with Gasteiger partial charge in [-0.05, 0) is 38.0 Å². The second kappa shape index (κ2) is 5.94. The van der Waals surface area contributed by atoms with Gasteiger partial charge in [0.1, 0.15) is 0 Å². The first kappa shape index (κ1) is 12.3. The Morgan fingerprint density at radius 1 is 1.50 bits per heavy atom. The first-order chi connectivity index (χ1) is 6.72. The van der Waals surface area contributed by atoms with E-state index in [0.29, 0.717) is 11.5 Å². The Morgan fingerprint density at radius 3 is 2.71 bits per heavy atom. The number of rotatable bonds is 8. The maximum Gasteiger partial charge on any atom is 0.0476 e. The van der Waals surface area contributed by atoms with Crippen molar-refractivity contribution in [2.75, 3.05) is 26.1 Å². The van der Waals surface area contributed by atoms with Crippen molar-refractivity contribution in [3.05, 3.63) is 0 Å².